The number of aromatic nitrogens is 3. The molecule has 8 heteroatoms. The van der Waals surface area contributed by atoms with Crippen LogP contribution in [-0.2, 0) is 0 Å². The molecule has 0 atom stereocenters. The summed E-state index contributed by atoms with van der Waals surface area (Å²) in [6, 6.07) is 13.3. The monoisotopic (exact) mass is 405 g/mol. The Balaban J connectivity index is 1.88. The fourth-order valence-electron chi connectivity index (χ4n) is 2.76. The van der Waals surface area contributed by atoms with E-state index in [0.29, 0.717) is 10.6 Å². The second-order valence-corrected chi connectivity index (χ2v) is 6.81. The van der Waals surface area contributed by atoms with Crippen LogP contribution in [0.25, 0.3) is 11.3 Å². The van der Waals surface area contributed by atoms with Crippen molar-refractivity contribution in [1.29, 1.82) is 0 Å². The smallest absolute Gasteiger partial charge is 0.211 e. The topological polar surface area (TPSA) is 76.8 Å². The van der Waals surface area contributed by atoms with Crippen LogP contribution in [0.1, 0.15) is 5.69 Å². The predicted octanol–water partition coefficient (Wildman–Crippen LogP) is 4.07. The number of hydrogen-bond donors (Lipinski definition) is 1. The van der Waals surface area contributed by atoms with Gasteiger partial charge in [-0.05, 0) is 36.4 Å². The lowest BCUT2D eigenvalue weighted by Gasteiger charge is -2.10. The number of pyridine rings is 1. The number of nitrogens with zero attached hydrogens (tertiary/aromatic N) is 4. The number of methoxy groups -OCH3 is 2. The van der Waals surface area contributed by atoms with Gasteiger partial charge in [0.1, 0.15) is 11.5 Å². The molecule has 1 aromatic carbocycles. The Hall–Kier alpha value is -3.65. The zero-order chi connectivity index (χ0) is 20.1. The third kappa shape index (κ3) is 4.12. The molecule has 0 aliphatic heterocycles. The van der Waals surface area contributed by atoms with Gasteiger partial charge in [0, 0.05) is 29.4 Å². The summed E-state index contributed by atoms with van der Waals surface area (Å²) >= 11 is 1.49. The standard InChI is InChI=1S/C21H19N5O2S/c1-27-17-7-8-18(20(11-17)28-2)19-14-29-21(25-16-6-3-9-22-12-16)26(19)24-13-15-5-4-10-23-15/h3-14,23H,1-2H3. The van der Waals surface area contributed by atoms with E-state index in [1.54, 1.807) is 37.5 Å². The fourth-order valence-corrected chi connectivity index (χ4v) is 3.61. The summed E-state index contributed by atoms with van der Waals surface area (Å²) in [5, 5.41) is 6.67. The third-order valence-corrected chi connectivity index (χ3v) is 4.99. The number of H-pyrrole nitrogens is 1. The highest BCUT2D eigenvalue weighted by atomic mass is 32.1. The third-order valence-electron chi connectivity index (χ3n) is 4.17. The second kappa shape index (κ2) is 8.57. The first-order chi connectivity index (χ1) is 14.3. The number of nitrogens with one attached hydrogen (secondary N) is 1. The Kier molecular flexibility index (Phi) is 5.53. The summed E-state index contributed by atoms with van der Waals surface area (Å²) in [6.45, 7) is 0. The molecule has 29 heavy (non-hydrogen) atoms. The summed E-state index contributed by atoms with van der Waals surface area (Å²) in [6.07, 6.45) is 7.05. The largest absolute Gasteiger partial charge is 0.497 e. The van der Waals surface area contributed by atoms with Crippen molar-refractivity contribution in [3.63, 3.8) is 0 Å². The van der Waals surface area contributed by atoms with Crippen molar-refractivity contribution in [2.75, 3.05) is 14.2 Å². The van der Waals surface area contributed by atoms with Gasteiger partial charge < -0.3 is 14.5 Å². The molecule has 7 nitrogen and oxygen atoms in total. The number of thiazole rings is 1. The Bertz CT molecular complexity index is 1180. The molecule has 0 aliphatic carbocycles. The average Bonchev–Trinajstić information content (AvgIpc) is 3.42. The quantitative estimate of drug-likeness (QED) is 0.491. The van der Waals surface area contributed by atoms with Crippen molar-refractivity contribution in [3.8, 4) is 22.8 Å². The molecule has 0 radical (unpaired) electrons. The van der Waals surface area contributed by atoms with E-state index in [1.807, 2.05) is 54.0 Å². The van der Waals surface area contributed by atoms with Crippen molar-refractivity contribution in [2.45, 2.75) is 0 Å². The molecule has 1 N–H and O–H groups in total. The van der Waals surface area contributed by atoms with E-state index in [2.05, 4.69) is 15.1 Å². The Labute approximate surface area is 171 Å². The van der Waals surface area contributed by atoms with Crippen molar-refractivity contribution in [2.24, 2.45) is 10.1 Å². The van der Waals surface area contributed by atoms with Gasteiger partial charge >= 0.3 is 0 Å². The van der Waals surface area contributed by atoms with E-state index < -0.39 is 0 Å². The van der Waals surface area contributed by atoms with E-state index >= 15 is 0 Å². The summed E-state index contributed by atoms with van der Waals surface area (Å²) in [5.41, 5.74) is 3.40. The van der Waals surface area contributed by atoms with E-state index in [1.165, 1.54) is 11.3 Å². The van der Waals surface area contributed by atoms with Gasteiger partial charge in [0.25, 0.3) is 0 Å². The van der Waals surface area contributed by atoms with Gasteiger partial charge in [0.15, 0.2) is 0 Å². The minimum atomic E-state index is 0.693. The normalized spacial score (nSPS) is 11.9. The summed E-state index contributed by atoms with van der Waals surface area (Å²) < 4.78 is 12.7. The molecule has 4 rings (SSSR count). The fraction of sp³-hybridized carbons (Fsp3) is 0.0952. The summed E-state index contributed by atoms with van der Waals surface area (Å²) in [7, 11) is 3.27. The molecule has 3 heterocycles. The number of benzene rings is 1. The molecule has 4 aromatic rings. The molecule has 0 aliphatic rings. The van der Waals surface area contributed by atoms with Crippen molar-refractivity contribution < 1.29 is 9.47 Å². The Morgan fingerprint density at radius 1 is 1.14 bits per heavy atom. The van der Waals surface area contributed by atoms with Gasteiger partial charge in [-0.25, -0.2) is 9.67 Å². The molecule has 0 spiro atoms. The molecule has 0 amide bonds. The molecule has 0 unspecified atom stereocenters. The minimum absolute atomic E-state index is 0.693. The first-order valence-electron chi connectivity index (χ1n) is 8.84. The number of ether oxygens (including phenoxy) is 2. The van der Waals surface area contributed by atoms with Crippen molar-refractivity contribution >= 4 is 23.2 Å². The van der Waals surface area contributed by atoms with Crippen LogP contribution in [0.4, 0.5) is 5.69 Å². The van der Waals surface area contributed by atoms with Crippen LogP contribution in [0.2, 0.25) is 0 Å². The van der Waals surface area contributed by atoms with Crippen LogP contribution in [0.15, 0.2) is 76.5 Å². The number of hydrogen-bond acceptors (Lipinski definition) is 6. The molecule has 0 saturated heterocycles. The van der Waals surface area contributed by atoms with Gasteiger partial charge in [-0.15, -0.1) is 11.3 Å². The zero-order valence-corrected chi connectivity index (χ0v) is 16.8. The van der Waals surface area contributed by atoms with E-state index in [9.17, 15) is 0 Å². The Morgan fingerprint density at radius 2 is 2.07 bits per heavy atom. The maximum atomic E-state index is 5.59. The lowest BCUT2D eigenvalue weighted by molar-refractivity contribution is 0.395. The van der Waals surface area contributed by atoms with Gasteiger partial charge in [-0.3, -0.25) is 4.98 Å². The van der Waals surface area contributed by atoms with Crippen LogP contribution < -0.4 is 14.3 Å². The average molecular weight is 405 g/mol. The highest BCUT2D eigenvalue weighted by Crippen LogP contribution is 2.33. The maximum Gasteiger partial charge on any atom is 0.211 e. The molecular formula is C21H19N5O2S. The molecule has 0 bridgehead atoms. The van der Waals surface area contributed by atoms with Gasteiger partial charge in [0.05, 0.1) is 43.7 Å². The predicted molar refractivity (Wildman–Crippen MR) is 114 cm³/mol. The number of rotatable bonds is 6. The first-order valence-corrected chi connectivity index (χ1v) is 9.72. The lowest BCUT2D eigenvalue weighted by atomic mass is 10.1. The molecule has 146 valence electrons. The van der Waals surface area contributed by atoms with Gasteiger partial charge in [0.2, 0.25) is 4.80 Å². The van der Waals surface area contributed by atoms with E-state index in [4.69, 9.17) is 14.5 Å². The maximum absolute atomic E-state index is 5.59. The van der Waals surface area contributed by atoms with Crippen LogP contribution in [0.3, 0.4) is 0 Å². The van der Waals surface area contributed by atoms with Crippen molar-refractivity contribution in [1.82, 2.24) is 14.6 Å². The molecule has 3 aromatic heterocycles. The highest BCUT2D eigenvalue weighted by Gasteiger charge is 2.14. The van der Waals surface area contributed by atoms with E-state index in [0.717, 1.165) is 28.4 Å². The lowest BCUT2D eigenvalue weighted by Crippen LogP contribution is -2.12. The molecule has 0 fully saturated rings. The van der Waals surface area contributed by atoms with Crippen molar-refractivity contribution in [3.05, 3.63) is 76.9 Å². The molecular weight excluding hydrogens is 386 g/mol. The van der Waals surface area contributed by atoms with Gasteiger partial charge in [-0.2, -0.15) is 5.10 Å². The van der Waals surface area contributed by atoms with E-state index in [-0.39, 0.29) is 0 Å². The van der Waals surface area contributed by atoms with Crippen LogP contribution >= 0.6 is 11.3 Å². The second-order valence-electron chi connectivity index (χ2n) is 5.97. The summed E-state index contributed by atoms with van der Waals surface area (Å²) in [4.78, 5) is 12.7. The summed E-state index contributed by atoms with van der Waals surface area (Å²) in [5.74, 6) is 1.42. The Morgan fingerprint density at radius 3 is 2.79 bits per heavy atom. The molecule has 0 saturated carbocycles. The zero-order valence-electron chi connectivity index (χ0n) is 15.9. The van der Waals surface area contributed by atoms with Crippen LogP contribution in [0, 0.1) is 0 Å². The first kappa shape index (κ1) is 18.7. The van der Waals surface area contributed by atoms with Crippen LogP contribution in [-0.4, -0.2) is 35.1 Å². The minimum Gasteiger partial charge on any atom is -0.497 e. The van der Waals surface area contributed by atoms with Crippen LogP contribution in [0.5, 0.6) is 11.5 Å². The number of aromatic amines is 1. The van der Waals surface area contributed by atoms with Gasteiger partial charge in [-0.1, -0.05) is 0 Å². The highest BCUT2D eigenvalue weighted by molar-refractivity contribution is 7.07. The SMILES string of the molecule is COc1ccc(-c2csc(=Nc3cccnc3)n2N=Cc2ccc[nH]2)c(OC)c1.